The molecule has 3 aromatic rings. The van der Waals surface area contributed by atoms with E-state index >= 15 is 0 Å². The fraction of sp³-hybridized carbons (Fsp3) is 0.130. The molecule has 0 spiro atoms. The number of rotatable bonds is 9. The number of sulfonamides is 1. The molecule has 1 atom stereocenters. The maximum atomic E-state index is 12.5. The van der Waals surface area contributed by atoms with Crippen LogP contribution in [-0.4, -0.2) is 61.2 Å². The minimum atomic E-state index is -5.08. The number of aliphatic imine (C=N–C) groups is 1. The Morgan fingerprint density at radius 3 is 2.15 bits per heavy atom. The van der Waals surface area contributed by atoms with Crippen molar-refractivity contribution in [3.63, 3.8) is 0 Å². The van der Waals surface area contributed by atoms with Crippen LogP contribution >= 0.6 is 11.3 Å². The zero-order chi connectivity index (χ0) is 30.1. The number of nitrogens with zero attached hydrogens (tertiary/aromatic N) is 1. The van der Waals surface area contributed by atoms with Crippen molar-refractivity contribution in [2.24, 2.45) is 16.5 Å². The van der Waals surface area contributed by atoms with Crippen molar-refractivity contribution in [2.45, 2.75) is 17.1 Å². The van der Waals surface area contributed by atoms with Crippen molar-refractivity contribution < 1.29 is 46.2 Å². The Labute approximate surface area is 229 Å². The number of guanidine groups is 1. The molecule has 3 rings (SSSR count). The molecule has 0 unspecified atom stereocenters. The first-order valence-corrected chi connectivity index (χ1v) is 13.1. The van der Waals surface area contributed by atoms with Gasteiger partial charge in [0.25, 0.3) is 5.91 Å². The number of halogens is 3. The first-order chi connectivity index (χ1) is 18.6. The molecule has 0 radical (unpaired) electrons. The average molecular weight is 602 g/mol. The van der Waals surface area contributed by atoms with E-state index in [1.165, 1.54) is 35.6 Å². The maximum Gasteiger partial charge on any atom is 0.490 e. The van der Waals surface area contributed by atoms with E-state index in [1.807, 2.05) is 6.07 Å². The number of nitrogens with two attached hydrogens (primary N) is 2. The minimum absolute atomic E-state index is 0.0748. The summed E-state index contributed by atoms with van der Waals surface area (Å²) in [6, 6.07) is 16.2. The van der Waals surface area contributed by atoms with Crippen LogP contribution in [-0.2, 0) is 19.6 Å². The van der Waals surface area contributed by atoms with Gasteiger partial charge in [-0.1, -0.05) is 30.3 Å². The van der Waals surface area contributed by atoms with Crippen LogP contribution in [0.3, 0.4) is 0 Å². The standard InChI is InChI=1S/C21H21N5O5S2.C2HF3O2/c22-21(23)25-14-6-4-5-13(11-14)17-9-10-18(32-17)19(27)24-12-16(20(28)29)26-33(30,31)15-7-2-1-3-8-15;3-2(4,5)1(6)7/h1-11,16,26H,12H2,(H,24,27)(H,28,29)(H4,22,23,25);(H,6,7)/t16-;/m0./s1. The lowest BCUT2D eigenvalue weighted by Crippen LogP contribution is -2.48. The maximum absolute atomic E-state index is 12.5. The number of carboxylic acid groups (broad SMARTS) is 2. The molecular formula is C23H22F3N5O7S2. The molecule has 0 fully saturated rings. The van der Waals surface area contributed by atoms with Crippen LogP contribution in [0.4, 0.5) is 18.9 Å². The summed E-state index contributed by atoms with van der Waals surface area (Å²) in [7, 11) is -4.07. The molecule has 1 amide bonds. The lowest BCUT2D eigenvalue weighted by atomic mass is 10.1. The van der Waals surface area contributed by atoms with Crippen LogP contribution in [0.1, 0.15) is 9.67 Å². The normalized spacial score (nSPS) is 11.9. The molecule has 0 bridgehead atoms. The Morgan fingerprint density at radius 2 is 1.60 bits per heavy atom. The van der Waals surface area contributed by atoms with Crippen LogP contribution in [0.25, 0.3) is 10.4 Å². The Hall–Kier alpha value is -4.48. The number of thiophene rings is 1. The third-order valence-electron chi connectivity index (χ3n) is 4.58. The van der Waals surface area contributed by atoms with Gasteiger partial charge >= 0.3 is 18.1 Å². The van der Waals surface area contributed by atoms with Gasteiger partial charge in [0.1, 0.15) is 6.04 Å². The first kappa shape index (κ1) is 31.7. The summed E-state index contributed by atoms with van der Waals surface area (Å²) in [6.07, 6.45) is -5.08. The minimum Gasteiger partial charge on any atom is -0.480 e. The van der Waals surface area contributed by atoms with Crippen LogP contribution in [0, 0.1) is 0 Å². The van der Waals surface area contributed by atoms with Crippen molar-refractivity contribution in [3.05, 3.63) is 71.6 Å². The predicted molar refractivity (Wildman–Crippen MR) is 139 cm³/mol. The van der Waals surface area contributed by atoms with Gasteiger partial charge in [-0.05, 0) is 42.0 Å². The van der Waals surface area contributed by atoms with Gasteiger partial charge in [0.05, 0.1) is 15.5 Å². The zero-order valence-corrected chi connectivity index (χ0v) is 21.8. The van der Waals surface area contributed by atoms with E-state index in [9.17, 15) is 36.3 Å². The summed E-state index contributed by atoms with van der Waals surface area (Å²) in [5, 5.41) is 19.0. The van der Waals surface area contributed by atoms with Crippen molar-refractivity contribution in [1.82, 2.24) is 10.0 Å². The van der Waals surface area contributed by atoms with Crippen molar-refractivity contribution in [2.75, 3.05) is 6.54 Å². The Balaban J connectivity index is 0.000000708. The molecule has 17 heteroatoms. The summed E-state index contributed by atoms with van der Waals surface area (Å²) in [6.45, 7) is -0.437. The van der Waals surface area contributed by atoms with Crippen molar-refractivity contribution in [1.29, 1.82) is 0 Å². The largest absolute Gasteiger partial charge is 0.490 e. The lowest BCUT2D eigenvalue weighted by molar-refractivity contribution is -0.192. The number of nitrogens with one attached hydrogen (secondary N) is 2. The third kappa shape index (κ3) is 9.68. The number of benzene rings is 2. The highest BCUT2D eigenvalue weighted by Crippen LogP contribution is 2.30. The average Bonchev–Trinajstić information content (AvgIpc) is 3.37. The monoisotopic (exact) mass is 601 g/mol. The summed E-state index contributed by atoms with van der Waals surface area (Å²) in [5.41, 5.74) is 12.1. The van der Waals surface area contributed by atoms with Gasteiger partial charge in [-0.3, -0.25) is 9.59 Å². The van der Waals surface area contributed by atoms with Gasteiger partial charge in [-0.15, -0.1) is 11.3 Å². The fourth-order valence-corrected chi connectivity index (χ4v) is 4.94. The lowest BCUT2D eigenvalue weighted by Gasteiger charge is -2.15. The van der Waals surface area contributed by atoms with Gasteiger partial charge in [0.15, 0.2) is 5.96 Å². The second-order valence-corrected chi connectivity index (χ2v) is 10.4. The van der Waals surface area contributed by atoms with Crippen LogP contribution in [0.5, 0.6) is 0 Å². The van der Waals surface area contributed by atoms with E-state index in [4.69, 9.17) is 21.4 Å². The number of hydrogen-bond acceptors (Lipinski definition) is 7. The predicted octanol–water partition coefficient (Wildman–Crippen LogP) is 2.11. The topological polar surface area (TPSA) is 214 Å². The molecule has 0 saturated carbocycles. The summed E-state index contributed by atoms with van der Waals surface area (Å²) >= 11 is 1.18. The quantitative estimate of drug-likeness (QED) is 0.156. The number of alkyl halides is 3. The number of hydrogen-bond donors (Lipinski definition) is 6. The molecule has 1 aromatic heterocycles. The molecule has 0 aliphatic rings. The van der Waals surface area contributed by atoms with E-state index < -0.39 is 46.6 Å². The molecule has 2 aromatic carbocycles. The Bertz CT molecular complexity index is 1490. The highest BCUT2D eigenvalue weighted by Gasteiger charge is 2.38. The fourth-order valence-electron chi connectivity index (χ4n) is 2.81. The Kier molecular flexibility index (Phi) is 10.7. The number of carbonyl (C=O) groups excluding carboxylic acids is 1. The zero-order valence-electron chi connectivity index (χ0n) is 20.1. The van der Waals surface area contributed by atoms with Crippen molar-refractivity contribution in [3.8, 4) is 10.4 Å². The summed E-state index contributed by atoms with van der Waals surface area (Å²) in [5.74, 6) is -4.78. The molecule has 0 aliphatic carbocycles. The highest BCUT2D eigenvalue weighted by molar-refractivity contribution is 7.89. The van der Waals surface area contributed by atoms with Crippen LogP contribution in [0.15, 0.2) is 76.6 Å². The van der Waals surface area contributed by atoms with Gasteiger partial charge in [-0.25, -0.2) is 18.2 Å². The molecule has 0 aliphatic heterocycles. The molecule has 40 heavy (non-hydrogen) atoms. The highest BCUT2D eigenvalue weighted by atomic mass is 32.2. The Morgan fingerprint density at radius 1 is 0.975 bits per heavy atom. The van der Waals surface area contributed by atoms with E-state index in [2.05, 4.69) is 15.0 Å². The molecule has 12 nitrogen and oxygen atoms in total. The molecule has 8 N–H and O–H groups in total. The van der Waals surface area contributed by atoms with Crippen LogP contribution in [0.2, 0.25) is 0 Å². The van der Waals surface area contributed by atoms with Crippen molar-refractivity contribution >= 4 is 50.9 Å². The molecule has 214 valence electrons. The van der Waals surface area contributed by atoms with Gasteiger partial charge in [0, 0.05) is 11.4 Å². The van der Waals surface area contributed by atoms with E-state index in [0.29, 0.717) is 10.6 Å². The third-order valence-corrected chi connectivity index (χ3v) is 7.20. The number of aliphatic carboxylic acids is 2. The van der Waals surface area contributed by atoms with E-state index in [0.717, 1.165) is 10.4 Å². The second kappa shape index (κ2) is 13.5. The second-order valence-electron chi connectivity index (χ2n) is 7.59. The van der Waals surface area contributed by atoms with Crippen LogP contribution < -0.4 is 21.5 Å². The van der Waals surface area contributed by atoms with Gasteiger partial charge < -0.3 is 27.0 Å². The van der Waals surface area contributed by atoms with E-state index in [-0.39, 0.29) is 10.9 Å². The number of amides is 1. The van der Waals surface area contributed by atoms with Gasteiger partial charge in [-0.2, -0.15) is 17.9 Å². The number of carbonyl (C=O) groups is 3. The summed E-state index contributed by atoms with van der Waals surface area (Å²) in [4.78, 5) is 38.0. The summed E-state index contributed by atoms with van der Waals surface area (Å²) < 4.78 is 58.6. The molecule has 0 saturated heterocycles. The molecular weight excluding hydrogens is 579 g/mol. The molecule has 1 heterocycles. The van der Waals surface area contributed by atoms with Gasteiger partial charge in [0.2, 0.25) is 10.0 Å². The first-order valence-electron chi connectivity index (χ1n) is 10.8. The smallest absolute Gasteiger partial charge is 0.480 e. The number of carboxylic acids is 2. The van der Waals surface area contributed by atoms with E-state index in [1.54, 1.807) is 36.4 Å². The SMILES string of the molecule is NC(N)=Nc1cccc(-c2ccc(C(=O)NC[C@H](NS(=O)(=O)c3ccccc3)C(=O)O)s2)c1.O=C(O)C(F)(F)F.